The second-order valence-corrected chi connectivity index (χ2v) is 7.30. The minimum absolute atomic E-state index is 0.238. The maximum absolute atomic E-state index is 6.53. The van der Waals surface area contributed by atoms with Crippen molar-refractivity contribution in [3.63, 3.8) is 0 Å². The van der Waals surface area contributed by atoms with Crippen molar-refractivity contribution in [3.8, 4) is 0 Å². The first-order valence-corrected chi connectivity index (χ1v) is 8.46. The summed E-state index contributed by atoms with van der Waals surface area (Å²) in [5, 5.41) is 0. The van der Waals surface area contributed by atoms with Gasteiger partial charge in [-0.25, -0.2) is 0 Å². The molecule has 2 aliphatic rings. The maximum Gasteiger partial charge on any atom is 0.0410 e. The molecule has 1 saturated carbocycles. The van der Waals surface area contributed by atoms with Crippen LogP contribution < -0.4 is 5.73 Å². The molecule has 108 valence electrons. The Balaban J connectivity index is 1.52. The molecule has 4 unspecified atom stereocenters. The normalized spacial score (nSPS) is 27.6. The van der Waals surface area contributed by atoms with E-state index >= 15 is 0 Å². The van der Waals surface area contributed by atoms with Crippen LogP contribution in [0.1, 0.15) is 29.0 Å². The highest BCUT2D eigenvalue weighted by Gasteiger charge is 2.55. The minimum Gasteiger partial charge on any atom is -0.327 e. The summed E-state index contributed by atoms with van der Waals surface area (Å²) in [5.41, 5.74) is 10.9. The fraction of sp³-hybridized carbons (Fsp3) is 0.389. The van der Waals surface area contributed by atoms with Crippen LogP contribution in [0.25, 0.3) is 0 Å². The van der Waals surface area contributed by atoms with E-state index in [4.69, 9.17) is 5.73 Å². The average Bonchev–Trinajstić information content (AvgIpc) is 3.22. The van der Waals surface area contributed by atoms with Gasteiger partial charge in [0.2, 0.25) is 0 Å². The molecule has 0 spiro atoms. The number of fused-ring (bicyclic) bond motifs is 3. The van der Waals surface area contributed by atoms with E-state index in [1.54, 1.807) is 5.56 Å². The number of nitrogens with zero attached hydrogens (tertiary/aromatic N) is 1. The van der Waals surface area contributed by atoms with E-state index in [1.807, 2.05) is 12.4 Å². The molecule has 2 N–H and O–H groups in total. The van der Waals surface area contributed by atoms with Gasteiger partial charge in [-0.15, -0.1) is 0 Å². The molecule has 3 heteroatoms. The Hall–Kier alpha value is -1.19. The van der Waals surface area contributed by atoms with Crippen LogP contribution in [-0.4, -0.2) is 11.0 Å². The summed E-state index contributed by atoms with van der Waals surface area (Å²) in [6, 6.07) is 11.3. The molecule has 1 fully saturated rings. The van der Waals surface area contributed by atoms with Gasteiger partial charge in [-0.2, -0.15) is 0 Å². The first-order valence-electron chi connectivity index (χ1n) is 7.67. The van der Waals surface area contributed by atoms with Gasteiger partial charge in [-0.1, -0.05) is 24.3 Å². The van der Waals surface area contributed by atoms with E-state index in [-0.39, 0.29) is 6.04 Å². The van der Waals surface area contributed by atoms with E-state index < -0.39 is 0 Å². The van der Waals surface area contributed by atoms with Gasteiger partial charge >= 0.3 is 0 Å². The van der Waals surface area contributed by atoms with Gasteiger partial charge in [-0.05, 0) is 75.7 Å². The van der Waals surface area contributed by atoms with Gasteiger partial charge in [0.25, 0.3) is 0 Å². The van der Waals surface area contributed by atoms with Crippen molar-refractivity contribution in [3.05, 3.63) is 63.9 Å². The standard InChI is InChI=1S/C18H19BrN2/c19-13-7-11(9-21-10-13)8-16(20)18-15-6-5-12-3-1-2-4-14(12)17(15)18/h1-4,7,9-10,15-18H,5-6,8,20H2. The third-order valence-electron chi connectivity index (χ3n) is 5.12. The minimum atomic E-state index is 0.238. The first kappa shape index (κ1) is 13.5. The predicted octanol–water partition coefficient (Wildman–Crippen LogP) is 3.69. The summed E-state index contributed by atoms with van der Waals surface area (Å²) in [7, 11) is 0. The van der Waals surface area contributed by atoms with E-state index in [9.17, 15) is 0 Å². The number of nitrogens with two attached hydrogens (primary N) is 1. The molecular weight excluding hydrogens is 324 g/mol. The highest BCUT2D eigenvalue weighted by Crippen LogP contribution is 2.61. The Morgan fingerprint density at radius 3 is 3.00 bits per heavy atom. The molecule has 0 radical (unpaired) electrons. The van der Waals surface area contributed by atoms with Crippen LogP contribution in [0.2, 0.25) is 0 Å². The zero-order chi connectivity index (χ0) is 14.4. The third kappa shape index (κ3) is 2.43. The lowest BCUT2D eigenvalue weighted by molar-refractivity contribution is 0.531. The number of hydrogen-bond acceptors (Lipinski definition) is 2. The smallest absolute Gasteiger partial charge is 0.0410 e. The van der Waals surface area contributed by atoms with Crippen LogP contribution in [0.15, 0.2) is 47.2 Å². The molecule has 0 bridgehead atoms. The molecule has 0 aliphatic heterocycles. The van der Waals surface area contributed by atoms with Crippen LogP contribution in [-0.2, 0) is 12.8 Å². The average molecular weight is 343 g/mol. The molecule has 1 aromatic heterocycles. The lowest BCUT2D eigenvalue weighted by atomic mass is 9.92. The van der Waals surface area contributed by atoms with Gasteiger partial charge in [0.1, 0.15) is 0 Å². The highest BCUT2D eigenvalue weighted by atomic mass is 79.9. The van der Waals surface area contributed by atoms with Gasteiger partial charge in [0.05, 0.1) is 0 Å². The van der Waals surface area contributed by atoms with Crippen LogP contribution >= 0.6 is 15.9 Å². The SMILES string of the molecule is NC(Cc1cncc(Br)c1)C1C2CCc3ccccc3C21. The van der Waals surface area contributed by atoms with Crippen molar-refractivity contribution >= 4 is 15.9 Å². The molecule has 0 amide bonds. The number of hydrogen-bond donors (Lipinski definition) is 1. The number of aryl methyl sites for hydroxylation is 1. The molecule has 21 heavy (non-hydrogen) atoms. The fourth-order valence-electron chi connectivity index (χ4n) is 4.18. The quantitative estimate of drug-likeness (QED) is 0.923. The van der Waals surface area contributed by atoms with Crippen molar-refractivity contribution in [2.45, 2.75) is 31.2 Å². The first-order chi connectivity index (χ1) is 10.2. The monoisotopic (exact) mass is 342 g/mol. The van der Waals surface area contributed by atoms with Gasteiger partial charge in [0.15, 0.2) is 0 Å². The second kappa shape index (κ2) is 5.22. The van der Waals surface area contributed by atoms with E-state index in [0.29, 0.717) is 11.8 Å². The lowest BCUT2D eigenvalue weighted by Gasteiger charge is -2.13. The predicted molar refractivity (Wildman–Crippen MR) is 88.1 cm³/mol. The van der Waals surface area contributed by atoms with Gasteiger partial charge < -0.3 is 5.73 Å². The largest absolute Gasteiger partial charge is 0.327 e. The lowest BCUT2D eigenvalue weighted by Crippen LogP contribution is -2.26. The Kier molecular flexibility index (Phi) is 3.35. The number of halogens is 1. The topological polar surface area (TPSA) is 38.9 Å². The van der Waals surface area contributed by atoms with Crippen molar-refractivity contribution in [2.75, 3.05) is 0 Å². The number of benzene rings is 1. The molecule has 4 atom stereocenters. The van der Waals surface area contributed by atoms with E-state index in [1.165, 1.54) is 24.0 Å². The fourth-order valence-corrected chi connectivity index (χ4v) is 4.59. The number of pyridine rings is 1. The zero-order valence-corrected chi connectivity index (χ0v) is 13.5. The molecule has 1 heterocycles. The summed E-state index contributed by atoms with van der Waals surface area (Å²) in [6.45, 7) is 0. The summed E-state index contributed by atoms with van der Waals surface area (Å²) in [6.07, 6.45) is 7.20. The number of rotatable bonds is 3. The molecule has 2 aliphatic carbocycles. The van der Waals surface area contributed by atoms with Crippen LogP contribution in [0.3, 0.4) is 0 Å². The third-order valence-corrected chi connectivity index (χ3v) is 5.55. The number of aromatic nitrogens is 1. The van der Waals surface area contributed by atoms with Crippen LogP contribution in [0.4, 0.5) is 0 Å². The summed E-state index contributed by atoms with van der Waals surface area (Å²) in [5.74, 6) is 2.15. The Morgan fingerprint density at radius 1 is 1.29 bits per heavy atom. The summed E-state index contributed by atoms with van der Waals surface area (Å²) < 4.78 is 1.03. The molecule has 0 saturated heterocycles. The van der Waals surface area contributed by atoms with Crippen molar-refractivity contribution in [1.82, 2.24) is 4.98 Å². The Morgan fingerprint density at radius 2 is 2.14 bits per heavy atom. The van der Waals surface area contributed by atoms with Gasteiger partial charge in [-0.3, -0.25) is 4.98 Å². The highest BCUT2D eigenvalue weighted by molar-refractivity contribution is 9.10. The summed E-state index contributed by atoms with van der Waals surface area (Å²) in [4.78, 5) is 4.24. The van der Waals surface area contributed by atoms with Crippen molar-refractivity contribution < 1.29 is 0 Å². The zero-order valence-electron chi connectivity index (χ0n) is 11.9. The Labute approximate surface area is 133 Å². The Bertz CT molecular complexity index is 670. The van der Waals surface area contributed by atoms with E-state index in [2.05, 4.69) is 51.2 Å². The second-order valence-electron chi connectivity index (χ2n) is 6.38. The molecule has 1 aromatic carbocycles. The summed E-state index contributed by atoms with van der Waals surface area (Å²) >= 11 is 3.48. The van der Waals surface area contributed by atoms with Crippen molar-refractivity contribution in [2.24, 2.45) is 17.6 Å². The molecule has 2 nitrogen and oxygen atoms in total. The van der Waals surface area contributed by atoms with Crippen LogP contribution in [0.5, 0.6) is 0 Å². The van der Waals surface area contributed by atoms with Crippen LogP contribution in [0, 0.1) is 11.8 Å². The molecular formula is C18H19BrN2. The van der Waals surface area contributed by atoms with Gasteiger partial charge in [0, 0.05) is 22.9 Å². The van der Waals surface area contributed by atoms with Crippen molar-refractivity contribution in [1.29, 1.82) is 0 Å². The molecule has 2 aromatic rings. The van der Waals surface area contributed by atoms with E-state index in [0.717, 1.165) is 16.8 Å². The maximum atomic E-state index is 6.53. The molecule has 4 rings (SSSR count).